The topological polar surface area (TPSA) is 239 Å². The van der Waals surface area contributed by atoms with E-state index in [9.17, 15) is 16.8 Å². The fraction of sp³-hybridized carbons (Fsp3) is 0.158. The highest BCUT2D eigenvalue weighted by molar-refractivity contribution is 7.89. The molecule has 2 aromatic carbocycles. The molecule has 12 N–H and O–H groups in total. The van der Waals surface area contributed by atoms with Gasteiger partial charge in [0.1, 0.15) is 0 Å². The minimum absolute atomic E-state index is 0.0548. The Morgan fingerprint density at radius 3 is 1.78 bits per heavy atom. The van der Waals surface area contributed by atoms with E-state index in [2.05, 4.69) is 0 Å². The molecule has 0 spiro atoms. The van der Waals surface area contributed by atoms with Crippen LogP contribution in [-0.2, 0) is 20.2 Å². The van der Waals surface area contributed by atoms with Crippen molar-refractivity contribution in [2.24, 2.45) is 11.5 Å². The molecule has 13 heteroatoms. The molecule has 0 radical (unpaired) electrons. The molecule has 1 unspecified atom stereocenters. The Kier molecular flexibility index (Phi) is 9.23. The highest BCUT2D eigenvalue weighted by atomic mass is 32.2. The fourth-order valence-electron chi connectivity index (χ4n) is 2.31. The molecule has 1 aliphatic rings. The zero-order valence-corrected chi connectivity index (χ0v) is 18.8. The number of nitrogens with two attached hydrogens (primary N) is 5. The lowest BCUT2D eigenvalue weighted by atomic mass is 10.1. The summed E-state index contributed by atoms with van der Waals surface area (Å²) in [6.07, 6.45) is 3.03. The van der Waals surface area contributed by atoms with Gasteiger partial charge >= 0.3 is 0 Å². The summed E-state index contributed by atoms with van der Waals surface area (Å²) in [5, 5.41) is 0. The van der Waals surface area contributed by atoms with Gasteiger partial charge in [-0.15, -0.1) is 0 Å². The second-order valence-electron chi connectivity index (χ2n) is 6.74. The first-order valence-electron chi connectivity index (χ1n) is 8.95. The Hall–Kier alpha value is -3.10. The highest BCUT2D eigenvalue weighted by Gasteiger charge is 2.21. The lowest BCUT2D eigenvalue weighted by molar-refractivity contribution is 0.482. The van der Waals surface area contributed by atoms with Gasteiger partial charge in [0.2, 0.25) is 0 Å². The smallest absolute Gasteiger partial charge is 0.294 e. The summed E-state index contributed by atoms with van der Waals surface area (Å²) in [7, 11) is -8.26. The van der Waals surface area contributed by atoms with Crippen LogP contribution in [0.2, 0.25) is 0 Å². The van der Waals surface area contributed by atoms with Gasteiger partial charge in [-0.1, -0.05) is 6.08 Å². The van der Waals surface area contributed by atoms with Gasteiger partial charge in [-0.05, 0) is 61.0 Å². The lowest BCUT2D eigenvalue weighted by Crippen LogP contribution is -2.25. The SMILES string of the molecule is Cc1cc(N)ccc1N.NC1=C(S(=O)(=O)O)CC(N)C=C1.Nc1ccc(S(=O)(=O)O)cc1. The van der Waals surface area contributed by atoms with E-state index in [1.807, 2.05) is 19.1 Å². The normalized spacial score (nSPS) is 15.8. The van der Waals surface area contributed by atoms with Crippen LogP contribution in [0.4, 0.5) is 17.1 Å². The number of anilines is 3. The van der Waals surface area contributed by atoms with Crippen LogP contribution >= 0.6 is 0 Å². The van der Waals surface area contributed by atoms with Gasteiger partial charge < -0.3 is 28.7 Å². The van der Waals surface area contributed by atoms with Crippen molar-refractivity contribution in [1.82, 2.24) is 0 Å². The molecule has 0 saturated carbocycles. The summed E-state index contributed by atoms with van der Waals surface area (Å²) < 4.78 is 59.4. The molecular formula is C19H27N5O6S2. The number of allylic oxidation sites excluding steroid dienone is 1. The predicted molar refractivity (Wildman–Crippen MR) is 125 cm³/mol. The van der Waals surface area contributed by atoms with Gasteiger partial charge in [0.15, 0.2) is 0 Å². The fourth-order valence-corrected chi connectivity index (χ4v) is 3.56. The Morgan fingerprint density at radius 1 is 0.844 bits per heavy atom. The summed E-state index contributed by atoms with van der Waals surface area (Å²) >= 11 is 0. The molecule has 0 heterocycles. The summed E-state index contributed by atoms with van der Waals surface area (Å²) in [6.45, 7) is 1.94. The van der Waals surface area contributed by atoms with Gasteiger partial charge in [0, 0.05) is 35.2 Å². The maximum Gasteiger partial charge on any atom is 0.294 e. The number of rotatable bonds is 2. The van der Waals surface area contributed by atoms with Gasteiger partial charge in [-0.2, -0.15) is 16.8 Å². The van der Waals surface area contributed by atoms with Crippen molar-refractivity contribution in [3.8, 4) is 0 Å². The van der Waals surface area contributed by atoms with E-state index in [1.54, 1.807) is 12.1 Å². The van der Waals surface area contributed by atoms with E-state index in [0.717, 1.165) is 16.9 Å². The lowest BCUT2D eigenvalue weighted by Gasteiger charge is -2.14. The zero-order valence-electron chi connectivity index (χ0n) is 17.2. The molecule has 0 aliphatic heterocycles. The van der Waals surface area contributed by atoms with E-state index >= 15 is 0 Å². The number of aryl methyl sites for hydroxylation is 1. The van der Waals surface area contributed by atoms with Crippen LogP contribution in [0.1, 0.15) is 12.0 Å². The van der Waals surface area contributed by atoms with Gasteiger partial charge in [-0.25, -0.2) is 0 Å². The maximum absolute atomic E-state index is 10.7. The number of hydrogen-bond donors (Lipinski definition) is 7. The summed E-state index contributed by atoms with van der Waals surface area (Å²) in [5.74, 6) is 0. The standard InChI is InChI=1S/C7H10N2.C6H10N2O3S.C6H7NO3S/c1-5-4-6(8)2-3-7(5)9;7-4-1-2-5(8)6(3-4)12(9,10)11;7-5-1-3-6(4-2-5)11(8,9)10/h2-4H,8-9H2,1H3;1-2,4H,3,7-8H2,(H,9,10,11);1-4H,7H2,(H,8,9,10). The quantitative estimate of drug-likeness (QED) is 0.234. The number of hydrogen-bond acceptors (Lipinski definition) is 9. The van der Waals surface area contributed by atoms with Crippen LogP contribution in [0.25, 0.3) is 0 Å². The predicted octanol–water partition coefficient (Wildman–Crippen LogP) is 1.01. The van der Waals surface area contributed by atoms with Gasteiger partial charge in [0.25, 0.3) is 20.2 Å². The molecule has 3 rings (SSSR count). The van der Waals surface area contributed by atoms with Gasteiger partial charge in [-0.3, -0.25) is 9.11 Å². The number of nitrogen functional groups attached to an aromatic ring is 3. The third-order valence-corrected chi connectivity index (χ3v) is 5.94. The molecule has 0 amide bonds. The average molecular weight is 486 g/mol. The molecule has 11 nitrogen and oxygen atoms in total. The van der Waals surface area contributed by atoms with Crippen LogP contribution in [0.5, 0.6) is 0 Å². The average Bonchev–Trinajstić information content (AvgIpc) is 2.67. The zero-order chi connectivity index (χ0) is 24.7. The van der Waals surface area contributed by atoms with E-state index in [1.165, 1.54) is 30.3 Å². The Balaban J connectivity index is 0.000000242. The van der Waals surface area contributed by atoms with Crippen molar-refractivity contribution in [2.45, 2.75) is 24.3 Å². The Labute approximate surface area is 187 Å². The minimum atomic E-state index is -4.18. The van der Waals surface area contributed by atoms with E-state index in [-0.39, 0.29) is 21.9 Å². The first kappa shape index (κ1) is 26.9. The molecule has 176 valence electrons. The maximum atomic E-state index is 10.7. The van der Waals surface area contributed by atoms with Crippen molar-refractivity contribution >= 4 is 37.3 Å². The third kappa shape index (κ3) is 8.95. The number of benzene rings is 2. The summed E-state index contributed by atoms with van der Waals surface area (Å²) in [5.41, 5.74) is 30.2. The molecule has 32 heavy (non-hydrogen) atoms. The van der Waals surface area contributed by atoms with Crippen molar-refractivity contribution in [3.63, 3.8) is 0 Å². The molecule has 1 aliphatic carbocycles. The van der Waals surface area contributed by atoms with E-state index < -0.39 is 26.3 Å². The molecular weight excluding hydrogens is 458 g/mol. The van der Waals surface area contributed by atoms with Crippen LogP contribution < -0.4 is 28.7 Å². The van der Waals surface area contributed by atoms with Crippen LogP contribution in [-0.4, -0.2) is 32.0 Å². The molecule has 2 aromatic rings. The molecule has 1 atom stereocenters. The summed E-state index contributed by atoms with van der Waals surface area (Å²) in [4.78, 5) is -0.343. The summed E-state index contributed by atoms with van der Waals surface area (Å²) in [6, 6.07) is 10.4. The van der Waals surface area contributed by atoms with Crippen molar-refractivity contribution in [2.75, 3.05) is 17.2 Å². The Bertz CT molecular complexity index is 1210. The Morgan fingerprint density at radius 2 is 1.38 bits per heavy atom. The van der Waals surface area contributed by atoms with Crippen LogP contribution in [0, 0.1) is 6.92 Å². The van der Waals surface area contributed by atoms with Crippen molar-refractivity contribution in [3.05, 3.63) is 70.8 Å². The molecule has 0 fully saturated rings. The van der Waals surface area contributed by atoms with E-state index in [4.69, 9.17) is 37.8 Å². The molecule has 0 bridgehead atoms. The second kappa shape index (κ2) is 11.0. The third-order valence-electron chi connectivity index (χ3n) is 4.05. The van der Waals surface area contributed by atoms with Crippen molar-refractivity contribution < 1.29 is 25.9 Å². The minimum Gasteiger partial charge on any atom is -0.399 e. The molecule has 0 aromatic heterocycles. The van der Waals surface area contributed by atoms with Crippen LogP contribution in [0.15, 0.2) is 70.1 Å². The van der Waals surface area contributed by atoms with Gasteiger partial charge in [0.05, 0.1) is 9.80 Å². The second-order valence-corrected chi connectivity index (χ2v) is 9.61. The highest BCUT2D eigenvalue weighted by Crippen LogP contribution is 2.19. The largest absolute Gasteiger partial charge is 0.399 e. The van der Waals surface area contributed by atoms with Crippen LogP contribution in [0.3, 0.4) is 0 Å². The monoisotopic (exact) mass is 485 g/mol. The van der Waals surface area contributed by atoms with Crippen molar-refractivity contribution in [1.29, 1.82) is 0 Å². The molecule has 0 saturated heterocycles. The first-order valence-corrected chi connectivity index (χ1v) is 11.8. The van der Waals surface area contributed by atoms with E-state index in [0.29, 0.717) is 5.69 Å². The first-order chi connectivity index (χ1) is 14.6.